The Kier molecular flexibility index (Phi) is 18.8. The number of carbonyl (C=O) groups excluding carboxylic acids is 1. The van der Waals surface area contributed by atoms with Crippen molar-refractivity contribution in [3.63, 3.8) is 0 Å². The number of hydrogen-bond acceptors (Lipinski definition) is 1. The summed E-state index contributed by atoms with van der Waals surface area (Å²) in [6.07, 6.45) is 18.6. The van der Waals surface area contributed by atoms with Crippen LogP contribution in [-0.2, 0) is 4.79 Å². The quantitative estimate of drug-likeness (QED) is 0.169. The van der Waals surface area contributed by atoms with Gasteiger partial charge in [-0.1, -0.05) is 32.6 Å². The SMILES string of the molecule is CCCCCCCCCCCCCCCC(=O)N(CC)[As](CC)CC. The van der Waals surface area contributed by atoms with Crippen LogP contribution in [-0.4, -0.2) is 31.1 Å². The fourth-order valence-corrected chi connectivity index (χ4v) is 7.60. The van der Waals surface area contributed by atoms with Crippen LogP contribution in [0.15, 0.2) is 0 Å². The van der Waals surface area contributed by atoms with Gasteiger partial charge >= 0.3 is 131 Å². The molecule has 0 heterocycles. The van der Waals surface area contributed by atoms with Gasteiger partial charge in [-0.2, -0.15) is 0 Å². The predicted octanol–water partition coefficient (Wildman–Crippen LogP) is 7.35. The molecule has 0 aromatic heterocycles. The van der Waals surface area contributed by atoms with Crippen LogP contribution in [0.5, 0.6) is 0 Å². The van der Waals surface area contributed by atoms with Gasteiger partial charge in [0.1, 0.15) is 0 Å². The van der Waals surface area contributed by atoms with Gasteiger partial charge in [0.15, 0.2) is 0 Å². The van der Waals surface area contributed by atoms with E-state index in [0.717, 1.165) is 19.4 Å². The zero-order chi connectivity index (χ0) is 18.8. The van der Waals surface area contributed by atoms with Gasteiger partial charge in [-0.05, 0) is 0 Å². The number of nitrogens with zero attached hydrogens (tertiary/aromatic N) is 1. The summed E-state index contributed by atoms with van der Waals surface area (Å²) in [5.74, 6) is 0.439. The van der Waals surface area contributed by atoms with E-state index in [4.69, 9.17) is 0 Å². The molecule has 0 atom stereocenters. The van der Waals surface area contributed by atoms with Gasteiger partial charge in [0.2, 0.25) is 0 Å². The van der Waals surface area contributed by atoms with Crippen LogP contribution in [0.1, 0.15) is 118 Å². The van der Waals surface area contributed by atoms with E-state index in [9.17, 15) is 4.79 Å². The van der Waals surface area contributed by atoms with Gasteiger partial charge < -0.3 is 0 Å². The molecule has 0 aromatic carbocycles. The molecule has 0 N–H and O–H groups in total. The Hall–Kier alpha value is 0.0284. The Morgan fingerprint density at radius 1 is 0.640 bits per heavy atom. The molecular weight excluding hydrogens is 369 g/mol. The van der Waals surface area contributed by atoms with Crippen molar-refractivity contribution in [1.82, 2.24) is 3.82 Å². The summed E-state index contributed by atoms with van der Waals surface area (Å²) in [6, 6.07) is 0. The zero-order valence-corrected chi connectivity index (χ0v) is 19.7. The molecule has 2 nitrogen and oxygen atoms in total. The number of unbranched alkanes of at least 4 members (excludes halogenated alkanes) is 12. The van der Waals surface area contributed by atoms with Gasteiger partial charge in [-0.25, -0.2) is 0 Å². The Bertz CT molecular complexity index is 292. The van der Waals surface area contributed by atoms with Crippen molar-refractivity contribution in [3.05, 3.63) is 0 Å². The van der Waals surface area contributed by atoms with Gasteiger partial charge in [-0.3, -0.25) is 0 Å². The van der Waals surface area contributed by atoms with Crippen LogP contribution < -0.4 is 0 Å². The van der Waals surface area contributed by atoms with Crippen molar-refractivity contribution in [2.75, 3.05) is 6.54 Å². The second-order valence-corrected chi connectivity index (χ2v) is 13.0. The molecule has 0 rings (SSSR count). The number of carbonyl (C=O) groups is 1. The monoisotopic (exact) mass is 415 g/mol. The first-order valence-electron chi connectivity index (χ1n) is 11.3. The molecule has 0 radical (unpaired) electrons. The average Bonchev–Trinajstić information content (AvgIpc) is 2.63. The van der Waals surface area contributed by atoms with Gasteiger partial charge in [0, 0.05) is 0 Å². The number of rotatable bonds is 18. The van der Waals surface area contributed by atoms with E-state index in [1.54, 1.807) is 0 Å². The first kappa shape index (κ1) is 25.0. The van der Waals surface area contributed by atoms with E-state index < -0.39 is 14.9 Å². The second kappa shape index (κ2) is 18.8. The Balaban J connectivity index is 3.47. The molecule has 0 bridgehead atoms. The maximum absolute atomic E-state index is 12.4. The molecule has 0 aliphatic carbocycles. The summed E-state index contributed by atoms with van der Waals surface area (Å²) in [4.78, 5) is 12.4. The second-order valence-electron chi connectivity index (χ2n) is 7.24. The van der Waals surface area contributed by atoms with Crippen molar-refractivity contribution in [2.45, 2.75) is 128 Å². The van der Waals surface area contributed by atoms with E-state index in [0.29, 0.717) is 5.91 Å². The Labute approximate surface area is 164 Å². The molecule has 0 fully saturated rings. The minimum atomic E-state index is -1.04. The number of amides is 1. The molecule has 0 aliphatic heterocycles. The number of hydrogen-bond donors (Lipinski definition) is 0. The average molecular weight is 416 g/mol. The third-order valence-electron chi connectivity index (χ3n) is 5.15. The van der Waals surface area contributed by atoms with Crippen LogP contribution >= 0.6 is 0 Å². The maximum atomic E-state index is 12.4. The van der Waals surface area contributed by atoms with E-state index in [-0.39, 0.29) is 0 Å². The predicted molar refractivity (Wildman–Crippen MR) is 114 cm³/mol. The molecule has 3 heteroatoms. The fourth-order valence-electron chi connectivity index (χ4n) is 3.52. The van der Waals surface area contributed by atoms with Gasteiger partial charge in [0.05, 0.1) is 0 Å². The van der Waals surface area contributed by atoms with Crippen molar-refractivity contribution in [3.8, 4) is 0 Å². The van der Waals surface area contributed by atoms with E-state index >= 15 is 0 Å². The third kappa shape index (κ3) is 13.8. The molecule has 0 aromatic rings. The first-order valence-corrected chi connectivity index (χ1v) is 14.8. The summed E-state index contributed by atoms with van der Waals surface area (Å²) in [7, 11) is 0. The summed E-state index contributed by atoms with van der Waals surface area (Å²) in [6.45, 7) is 9.87. The Morgan fingerprint density at radius 3 is 1.40 bits per heavy atom. The Morgan fingerprint density at radius 2 is 1.04 bits per heavy atom. The topological polar surface area (TPSA) is 20.3 Å². The summed E-state index contributed by atoms with van der Waals surface area (Å²) < 4.78 is 2.24. The minimum absolute atomic E-state index is 0.439. The molecule has 0 aliphatic rings. The molecule has 0 saturated heterocycles. The molecule has 0 unspecified atom stereocenters. The van der Waals surface area contributed by atoms with Crippen molar-refractivity contribution < 1.29 is 4.79 Å². The molecule has 150 valence electrons. The summed E-state index contributed by atoms with van der Waals surface area (Å²) in [5, 5.41) is 2.45. The van der Waals surface area contributed by atoms with Crippen LogP contribution in [0.25, 0.3) is 0 Å². The zero-order valence-electron chi connectivity index (χ0n) is 17.8. The van der Waals surface area contributed by atoms with E-state index in [1.807, 2.05) is 0 Å². The summed E-state index contributed by atoms with van der Waals surface area (Å²) >= 11 is -1.04. The van der Waals surface area contributed by atoms with E-state index in [2.05, 4.69) is 31.5 Å². The molecule has 25 heavy (non-hydrogen) atoms. The van der Waals surface area contributed by atoms with Crippen LogP contribution in [0.2, 0.25) is 10.4 Å². The van der Waals surface area contributed by atoms with Crippen LogP contribution in [0, 0.1) is 0 Å². The van der Waals surface area contributed by atoms with Crippen LogP contribution in [0.3, 0.4) is 0 Å². The van der Waals surface area contributed by atoms with Crippen molar-refractivity contribution in [2.24, 2.45) is 0 Å². The molecular formula is C22H46AsNO. The fraction of sp³-hybridized carbons (Fsp3) is 0.955. The third-order valence-corrected chi connectivity index (χ3v) is 10.7. The summed E-state index contributed by atoms with van der Waals surface area (Å²) in [5.41, 5.74) is 0. The van der Waals surface area contributed by atoms with E-state index in [1.165, 1.54) is 87.5 Å². The molecule has 0 spiro atoms. The van der Waals surface area contributed by atoms with Gasteiger partial charge in [-0.15, -0.1) is 0 Å². The first-order chi connectivity index (χ1) is 12.2. The van der Waals surface area contributed by atoms with Crippen molar-refractivity contribution in [1.29, 1.82) is 0 Å². The van der Waals surface area contributed by atoms with Crippen molar-refractivity contribution >= 4 is 20.8 Å². The van der Waals surface area contributed by atoms with Crippen LogP contribution in [0.4, 0.5) is 0 Å². The normalized spacial score (nSPS) is 11.2. The molecule has 1 amide bonds. The molecule has 0 saturated carbocycles. The standard InChI is InChI=1S/C22H46AsNO/c1-5-9-10-11-12-13-14-15-16-17-18-19-20-21-22(25)24(8-4)23(6-2)7-3/h5-21H2,1-4H3. The van der Waals surface area contributed by atoms with Gasteiger partial charge in [0.25, 0.3) is 0 Å².